The molecule has 1 aliphatic rings. The lowest BCUT2D eigenvalue weighted by Crippen LogP contribution is -2.36. The third kappa shape index (κ3) is 3.07. The number of halogens is 1. The first kappa shape index (κ1) is 13.9. The Morgan fingerprint density at radius 3 is 2.68 bits per heavy atom. The van der Waals surface area contributed by atoms with Crippen LogP contribution in [0.15, 0.2) is 24.3 Å². The molecule has 2 atom stereocenters. The smallest absolute Gasteiger partial charge is 0.323 e. The molecule has 0 saturated heterocycles. The molecular weight excluding hydrogens is 266 g/mol. The van der Waals surface area contributed by atoms with Crippen LogP contribution in [-0.2, 0) is 9.59 Å². The lowest BCUT2D eigenvalue weighted by molar-refractivity contribution is -0.144. The van der Waals surface area contributed by atoms with E-state index in [1.54, 1.807) is 6.92 Å². The van der Waals surface area contributed by atoms with E-state index in [4.69, 9.17) is 16.7 Å². The van der Waals surface area contributed by atoms with Gasteiger partial charge in [-0.25, -0.2) is 0 Å². The number of rotatable bonds is 5. The molecule has 1 aromatic carbocycles. The van der Waals surface area contributed by atoms with Crippen LogP contribution in [0.25, 0.3) is 0 Å². The second-order valence-electron chi connectivity index (χ2n) is 4.72. The van der Waals surface area contributed by atoms with Gasteiger partial charge in [-0.3, -0.25) is 9.59 Å². The molecule has 0 aliphatic heterocycles. The van der Waals surface area contributed by atoms with Crippen LogP contribution < -0.4 is 0 Å². The highest BCUT2D eigenvalue weighted by Gasteiger charge is 2.46. The van der Waals surface area contributed by atoms with Crippen molar-refractivity contribution in [3.63, 3.8) is 0 Å². The van der Waals surface area contributed by atoms with E-state index < -0.39 is 5.97 Å². The average molecular weight is 282 g/mol. The van der Waals surface area contributed by atoms with Gasteiger partial charge in [-0.05, 0) is 30.9 Å². The highest BCUT2D eigenvalue weighted by molar-refractivity contribution is 6.31. The maximum atomic E-state index is 12.2. The number of amides is 1. The van der Waals surface area contributed by atoms with E-state index in [0.29, 0.717) is 11.6 Å². The third-order valence-electron chi connectivity index (χ3n) is 3.43. The van der Waals surface area contributed by atoms with Crippen molar-refractivity contribution < 1.29 is 14.7 Å². The molecule has 4 nitrogen and oxygen atoms in total. The van der Waals surface area contributed by atoms with Gasteiger partial charge in [-0.15, -0.1) is 0 Å². The number of carbonyl (C=O) groups excluding carboxylic acids is 1. The molecule has 1 N–H and O–H groups in total. The number of carboxylic acids is 1. The van der Waals surface area contributed by atoms with Crippen molar-refractivity contribution in [1.29, 1.82) is 0 Å². The monoisotopic (exact) mass is 281 g/mol. The van der Waals surface area contributed by atoms with Gasteiger partial charge in [0.05, 0.1) is 0 Å². The van der Waals surface area contributed by atoms with Crippen LogP contribution in [0.1, 0.15) is 24.8 Å². The Balaban J connectivity index is 2.04. The molecule has 1 aromatic rings. The minimum atomic E-state index is -0.981. The highest BCUT2D eigenvalue weighted by Crippen LogP contribution is 2.50. The molecule has 102 valence electrons. The second kappa shape index (κ2) is 5.61. The maximum absolute atomic E-state index is 12.2. The summed E-state index contributed by atoms with van der Waals surface area (Å²) in [5.74, 6) is -1.07. The van der Waals surface area contributed by atoms with E-state index in [1.807, 2.05) is 24.3 Å². The fourth-order valence-electron chi connectivity index (χ4n) is 2.33. The number of hydrogen-bond acceptors (Lipinski definition) is 2. The zero-order valence-corrected chi connectivity index (χ0v) is 11.4. The molecular formula is C14H16ClNO3. The van der Waals surface area contributed by atoms with Gasteiger partial charge in [-0.2, -0.15) is 0 Å². The van der Waals surface area contributed by atoms with E-state index in [-0.39, 0.29) is 24.3 Å². The summed E-state index contributed by atoms with van der Waals surface area (Å²) in [6, 6.07) is 7.49. The molecule has 2 rings (SSSR count). The van der Waals surface area contributed by atoms with Crippen molar-refractivity contribution in [2.45, 2.75) is 19.3 Å². The summed E-state index contributed by atoms with van der Waals surface area (Å²) in [6.07, 6.45) is 0.749. The first-order valence-corrected chi connectivity index (χ1v) is 6.67. The molecule has 0 aromatic heterocycles. The molecule has 1 fully saturated rings. The topological polar surface area (TPSA) is 57.6 Å². The van der Waals surface area contributed by atoms with Crippen molar-refractivity contribution in [2.75, 3.05) is 13.1 Å². The third-order valence-corrected chi connectivity index (χ3v) is 3.78. The van der Waals surface area contributed by atoms with Gasteiger partial charge in [0.2, 0.25) is 5.91 Å². The van der Waals surface area contributed by atoms with E-state index in [1.165, 1.54) is 4.90 Å². The fourth-order valence-corrected chi connectivity index (χ4v) is 2.61. The fraction of sp³-hybridized carbons (Fsp3) is 0.429. The highest BCUT2D eigenvalue weighted by atomic mass is 35.5. The van der Waals surface area contributed by atoms with Crippen LogP contribution in [-0.4, -0.2) is 35.0 Å². The molecule has 0 bridgehead atoms. The van der Waals surface area contributed by atoms with Crippen molar-refractivity contribution in [2.24, 2.45) is 5.92 Å². The Hall–Kier alpha value is -1.55. The van der Waals surface area contributed by atoms with Gasteiger partial charge in [0.15, 0.2) is 0 Å². The van der Waals surface area contributed by atoms with Gasteiger partial charge in [0.1, 0.15) is 6.54 Å². The summed E-state index contributed by atoms with van der Waals surface area (Å²) < 4.78 is 0. The summed E-state index contributed by atoms with van der Waals surface area (Å²) in [5.41, 5.74) is 0.980. The Bertz CT molecular complexity index is 503. The molecule has 1 aliphatic carbocycles. The van der Waals surface area contributed by atoms with Gasteiger partial charge in [0.25, 0.3) is 0 Å². The minimum absolute atomic E-state index is 0.0881. The van der Waals surface area contributed by atoms with Crippen LogP contribution in [0.2, 0.25) is 5.02 Å². The van der Waals surface area contributed by atoms with Crippen LogP contribution in [0, 0.1) is 5.92 Å². The van der Waals surface area contributed by atoms with Crippen molar-refractivity contribution >= 4 is 23.5 Å². The molecule has 1 amide bonds. The average Bonchev–Trinajstić information content (AvgIpc) is 3.15. The van der Waals surface area contributed by atoms with E-state index >= 15 is 0 Å². The summed E-state index contributed by atoms with van der Waals surface area (Å²) in [7, 11) is 0. The Labute approximate surface area is 117 Å². The summed E-state index contributed by atoms with van der Waals surface area (Å²) in [5, 5.41) is 9.45. The molecule has 0 spiro atoms. The lowest BCUT2D eigenvalue weighted by atomic mass is 10.1. The van der Waals surface area contributed by atoms with E-state index in [9.17, 15) is 9.59 Å². The zero-order valence-electron chi connectivity index (χ0n) is 10.7. The van der Waals surface area contributed by atoms with Gasteiger partial charge < -0.3 is 10.0 Å². The van der Waals surface area contributed by atoms with E-state index in [2.05, 4.69) is 0 Å². The standard InChI is InChI=1S/C14H16ClNO3/c1-2-16(8-13(17)18)14(19)11-7-10(11)9-5-3-4-6-12(9)15/h3-6,10-11H,2,7-8H2,1H3,(H,17,18)/t10-,11-/m1/s1. The number of aliphatic carboxylic acids is 1. The summed E-state index contributed by atoms with van der Waals surface area (Å²) >= 11 is 6.11. The maximum Gasteiger partial charge on any atom is 0.323 e. The molecule has 0 radical (unpaired) electrons. The minimum Gasteiger partial charge on any atom is -0.480 e. The van der Waals surface area contributed by atoms with Gasteiger partial charge in [-0.1, -0.05) is 29.8 Å². The van der Waals surface area contributed by atoms with E-state index in [0.717, 1.165) is 12.0 Å². The first-order valence-electron chi connectivity index (χ1n) is 6.29. The molecule has 0 unspecified atom stereocenters. The second-order valence-corrected chi connectivity index (χ2v) is 5.12. The van der Waals surface area contributed by atoms with Gasteiger partial charge in [0, 0.05) is 17.5 Å². The number of hydrogen-bond donors (Lipinski definition) is 1. The SMILES string of the molecule is CCN(CC(=O)O)C(=O)[C@@H]1C[C@@H]1c1ccccc1Cl. The molecule has 19 heavy (non-hydrogen) atoms. The van der Waals surface area contributed by atoms with Crippen molar-refractivity contribution in [3.05, 3.63) is 34.9 Å². The van der Waals surface area contributed by atoms with Crippen LogP contribution in [0.5, 0.6) is 0 Å². The number of benzene rings is 1. The normalized spacial score (nSPS) is 20.9. The number of carbonyl (C=O) groups is 2. The summed E-state index contributed by atoms with van der Waals surface area (Å²) in [6.45, 7) is 1.96. The molecule has 0 heterocycles. The summed E-state index contributed by atoms with van der Waals surface area (Å²) in [4.78, 5) is 24.3. The zero-order chi connectivity index (χ0) is 14.0. The number of nitrogens with zero attached hydrogens (tertiary/aromatic N) is 1. The lowest BCUT2D eigenvalue weighted by Gasteiger charge is -2.18. The van der Waals surface area contributed by atoms with Crippen LogP contribution in [0.3, 0.4) is 0 Å². The van der Waals surface area contributed by atoms with Crippen LogP contribution >= 0.6 is 11.6 Å². The Kier molecular flexibility index (Phi) is 4.10. The quantitative estimate of drug-likeness (QED) is 0.901. The molecule has 1 saturated carbocycles. The number of likely N-dealkylation sites (N-methyl/N-ethyl adjacent to an activating group) is 1. The predicted molar refractivity (Wildman–Crippen MR) is 72.2 cm³/mol. The first-order chi connectivity index (χ1) is 9.04. The predicted octanol–water partition coefficient (Wildman–Crippen LogP) is 2.38. The van der Waals surface area contributed by atoms with Crippen molar-refractivity contribution in [3.8, 4) is 0 Å². The van der Waals surface area contributed by atoms with Crippen molar-refractivity contribution in [1.82, 2.24) is 4.90 Å². The Morgan fingerprint density at radius 1 is 1.42 bits per heavy atom. The van der Waals surface area contributed by atoms with Crippen LogP contribution in [0.4, 0.5) is 0 Å². The van der Waals surface area contributed by atoms with Gasteiger partial charge >= 0.3 is 5.97 Å². The number of carboxylic acid groups (broad SMARTS) is 1. The largest absolute Gasteiger partial charge is 0.480 e. The molecule has 5 heteroatoms. The Morgan fingerprint density at radius 2 is 2.11 bits per heavy atom.